The van der Waals surface area contributed by atoms with Crippen molar-refractivity contribution < 1.29 is 16.8 Å². The van der Waals surface area contributed by atoms with E-state index in [0.29, 0.717) is 19.4 Å². The SMILES string of the molecule is CCCCN(C1CCS(=O)(=O)C1)S(=O)(=O)c1ccc(Br)cc1. The molecule has 1 fully saturated rings. The Bertz CT molecular complexity index is 714. The standard InChI is InChI=1S/C14H20BrNO4S2/c1-2-3-9-16(13-8-10-21(17,18)11-13)22(19,20)14-6-4-12(15)5-7-14/h4-7,13H,2-3,8-11H2,1H3. The summed E-state index contributed by atoms with van der Waals surface area (Å²) in [4.78, 5) is 0.205. The van der Waals surface area contributed by atoms with E-state index in [-0.39, 0.29) is 16.4 Å². The minimum atomic E-state index is -3.68. The number of sulfone groups is 1. The van der Waals surface area contributed by atoms with Gasteiger partial charge in [-0.15, -0.1) is 0 Å². The Balaban J connectivity index is 2.33. The van der Waals surface area contributed by atoms with Gasteiger partial charge in [-0.25, -0.2) is 16.8 Å². The fourth-order valence-electron chi connectivity index (χ4n) is 2.56. The van der Waals surface area contributed by atoms with Crippen LogP contribution in [0.5, 0.6) is 0 Å². The van der Waals surface area contributed by atoms with Crippen molar-refractivity contribution in [3.63, 3.8) is 0 Å². The fourth-order valence-corrected chi connectivity index (χ4v) is 6.34. The van der Waals surface area contributed by atoms with Gasteiger partial charge in [-0.05, 0) is 37.1 Å². The van der Waals surface area contributed by atoms with Crippen LogP contribution >= 0.6 is 15.9 Å². The van der Waals surface area contributed by atoms with Gasteiger partial charge in [-0.2, -0.15) is 4.31 Å². The Labute approximate surface area is 140 Å². The highest BCUT2D eigenvalue weighted by Gasteiger charge is 2.38. The number of hydrogen-bond acceptors (Lipinski definition) is 4. The van der Waals surface area contributed by atoms with E-state index in [1.54, 1.807) is 24.3 Å². The molecule has 1 heterocycles. The molecular formula is C14H20BrNO4S2. The summed E-state index contributed by atoms with van der Waals surface area (Å²) in [5, 5.41) is 0. The first-order valence-corrected chi connectivity index (χ1v) is 11.3. The van der Waals surface area contributed by atoms with Crippen LogP contribution in [0.3, 0.4) is 0 Å². The maximum Gasteiger partial charge on any atom is 0.243 e. The lowest BCUT2D eigenvalue weighted by Gasteiger charge is -2.27. The molecule has 0 aromatic heterocycles. The van der Waals surface area contributed by atoms with E-state index in [1.165, 1.54) is 4.31 Å². The van der Waals surface area contributed by atoms with Crippen LogP contribution in [-0.4, -0.2) is 45.2 Å². The number of sulfonamides is 1. The summed E-state index contributed by atoms with van der Waals surface area (Å²) in [5.41, 5.74) is 0. The van der Waals surface area contributed by atoms with Gasteiger partial charge in [0.25, 0.3) is 0 Å². The number of unbranched alkanes of at least 4 members (excludes halogenated alkanes) is 1. The molecule has 1 aromatic rings. The predicted octanol–water partition coefficient (Wildman–Crippen LogP) is 2.43. The van der Waals surface area contributed by atoms with Crippen LogP contribution in [0.15, 0.2) is 33.6 Å². The second-order valence-corrected chi connectivity index (χ2v) is 10.5. The molecule has 1 aromatic carbocycles. The highest BCUT2D eigenvalue weighted by molar-refractivity contribution is 9.10. The Morgan fingerprint density at radius 3 is 2.41 bits per heavy atom. The summed E-state index contributed by atoms with van der Waals surface area (Å²) in [6, 6.07) is 5.99. The number of rotatable bonds is 6. The molecule has 0 spiro atoms. The van der Waals surface area contributed by atoms with E-state index in [0.717, 1.165) is 10.9 Å². The van der Waals surface area contributed by atoms with Crippen LogP contribution in [0, 0.1) is 0 Å². The van der Waals surface area contributed by atoms with Crippen LogP contribution in [0.4, 0.5) is 0 Å². The first-order chi connectivity index (χ1) is 10.3. The maximum absolute atomic E-state index is 12.9. The molecule has 124 valence electrons. The summed E-state index contributed by atoms with van der Waals surface area (Å²) in [6.45, 7) is 2.34. The highest BCUT2D eigenvalue weighted by atomic mass is 79.9. The molecule has 1 atom stereocenters. The molecule has 1 unspecified atom stereocenters. The Kier molecular flexibility index (Phi) is 5.68. The van der Waals surface area contributed by atoms with E-state index >= 15 is 0 Å². The molecule has 22 heavy (non-hydrogen) atoms. The largest absolute Gasteiger partial charge is 0.243 e. The molecule has 0 amide bonds. The third kappa shape index (κ3) is 4.10. The molecule has 0 bridgehead atoms. The van der Waals surface area contributed by atoms with Gasteiger partial charge in [-0.3, -0.25) is 0 Å². The van der Waals surface area contributed by atoms with Crippen LogP contribution in [0.2, 0.25) is 0 Å². The van der Waals surface area contributed by atoms with Gasteiger partial charge < -0.3 is 0 Å². The first kappa shape index (κ1) is 17.9. The lowest BCUT2D eigenvalue weighted by atomic mass is 10.2. The number of halogens is 1. The van der Waals surface area contributed by atoms with E-state index in [9.17, 15) is 16.8 Å². The lowest BCUT2D eigenvalue weighted by molar-refractivity contribution is 0.335. The van der Waals surface area contributed by atoms with Crippen molar-refractivity contribution in [1.29, 1.82) is 0 Å². The number of nitrogens with zero attached hydrogens (tertiary/aromatic N) is 1. The van der Waals surface area contributed by atoms with Crippen molar-refractivity contribution in [2.45, 2.75) is 37.1 Å². The van der Waals surface area contributed by atoms with Crippen LogP contribution in [0.25, 0.3) is 0 Å². The van der Waals surface area contributed by atoms with Crippen molar-refractivity contribution >= 4 is 35.8 Å². The average molecular weight is 410 g/mol. The van der Waals surface area contributed by atoms with Gasteiger partial charge in [0.1, 0.15) is 0 Å². The van der Waals surface area contributed by atoms with Crippen LogP contribution in [-0.2, 0) is 19.9 Å². The molecule has 1 saturated heterocycles. The second-order valence-electron chi connectivity index (χ2n) is 5.48. The Hall–Kier alpha value is -0.440. The van der Waals surface area contributed by atoms with Crippen LogP contribution < -0.4 is 0 Å². The molecule has 1 aliphatic heterocycles. The molecule has 1 aliphatic rings. The molecule has 5 nitrogen and oxygen atoms in total. The topological polar surface area (TPSA) is 71.5 Å². The molecule has 0 aliphatic carbocycles. The van der Waals surface area contributed by atoms with Crippen molar-refractivity contribution in [1.82, 2.24) is 4.31 Å². The lowest BCUT2D eigenvalue weighted by Crippen LogP contribution is -2.41. The summed E-state index contributed by atoms with van der Waals surface area (Å²) in [7, 11) is -6.80. The Morgan fingerprint density at radius 2 is 1.91 bits per heavy atom. The van der Waals surface area contributed by atoms with Crippen molar-refractivity contribution in [3.05, 3.63) is 28.7 Å². The van der Waals surface area contributed by atoms with Crippen LogP contribution in [0.1, 0.15) is 26.2 Å². The average Bonchev–Trinajstić information content (AvgIpc) is 2.79. The van der Waals surface area contributed by atoms with Gasteiger partial charge in [0.05, 0.1) is 16.4 Å². The van der Waals surface area contributed by atoms with Gasteiger partial charge in [0, 0.05) is 17.1 Å². The quantitative estimate of drug-likeness (QED) is 0.722. The Morgan fingerprint density at radius 1 is 1.27 bits per heavy atom. The van der Waals surface area contributed by atoms with E-state index in [4.69, 9.17) is 0 Å². The summed E-state index contributed by atoms with van der Waals surface area (Å²) in [6.07, 6.45) is 1.94. The van der Waals surface area contributed by atoms with Crippen molar-refractivity contribution in [2.24, 2.45) is 0 Å². The van der Waals surface area contributed by atoms with Crippen molar-refractivity contribution in [3.8, 4) is 0 Å². The van der Waals surface area contributed by atoms with Gasteiger partial charge in [-0.1, -0.05) is 29.3 Å². The zero-order valence-electron chi connectivity index (χ0n) is 12.4. The summed E-state index contributed by atoms with van der Waals surface area (Å²) >= 11 is 3.28. The minimum Gasteiger partial charge on any atom is -0.229 e. The summed E-state index contributed by atoms with van der Waals surface area (Å²) in [5.74, 6) is -0.0113. The maximum atomic E-state index is 12.9. The molecule has 0 saturated carbocycles. The fraction of sp³-hybridized carbons (Fsp3) is 0.571. The predicted molar refractivity (Wildman–Crippen MR) is 90.0 cm³/mol. The molecule has 0 radical (unpaired) electrons. The summed E-state index contributed by atoms with van der Waals surface area (Å²) < 4.78 is 51.3. The van der Waals surface area contributed by atoms with E-state index < -0.39 is 25.9 Å². The second kappa shape index (κ2) is 6.98. The number of hydrogen-bond donors (Lipinski definition) is 0. The molecule has 8 heteroatoms. The third-order valence-corrected chi connectivity index (χ3v) is 8.01. The number of benzene rings is 1. The smallest absolute Gasteiger partial charge is 0.229 e. The molecular weight excluding hydrogens is 390 g/mol. The van der Waals surface area contributed by atoms with Crippen molar-refractivity contribution in [2.75, 3.05) is 18.1 Å². The zero-order valence-corrected chi connectivity index (χ0v) is 15.6. The van der Waals surface area contributed by atoms with Gasteiger partial charge >= 0.3 is 0 Å². The van der Waals surface area contributed by atoms with E-state index in [1.807, 2.05) is 6.92 Å². The van der Waals surface area contributed by atoms with E-state index in [2.05, 4.69) is 15.9 Å². The first-order valence-electron chi connectivity index (χ1n) is 7.24. The third-order valence-electron chi connectivity index (χ3n) is 3.77. The van der Waals surface area contributed by atoms with Gasteiger partial charge in [0.15, 0.2) is 9.84 Å². The molecule has 0 N–H and O–H groups in total. The normalized spacial score (nSPS) is 21.3. The zero-order chi connectivity index (χ0) is 16.4. The molecule has 2 rings (SSSR count). The van der Waals surface area contributed by atoms with Gasteiger partial charge in [0.2, 0.25) is 10.0 Å². The highest BCUT2D eigenvalue weighted by Crippen LogP contribution is 2.26. The monoisotopic (exact) mass is 409 g/mol. The minimum absolute atomic E-state index is 0.0656.